The van der Waals surface area contributed by atoms with Crippen molar-refractivity contribution in [3.63, 3.8) is 0 Å². The highest BCUT2D eigenvalue weighted by molar-refractivity contribution is 7.98. The van der Waals surface area contributed by atoms with Gasteiger partial charge in [0.25, 0.3) is 0 Å². The second kappa shape index (κ2) is 7.53. The zero-order valence-electron chi connectivity index (χ0n) is 14.4. The van der Waals surface area contributed by atoms with Crippen LogP contribution in [0.15, 0.2) is 53.7 Å². The van der Waals surface area contributed by atoms with Gasteiger partial charge >= 0.3 is 5.97 Å². The van der Waals surface area contributed by atoms with E-state index in [-0.39, 0.29) is 5.97 Å². The molecular weight excluding hydrogens is 334 g/mol. The van der Waals surface area contributed by atoms with Crippen LogP contribution in [0.4, 0.5) is 0 Å². The molecule has 5 nitrogen and oxygen atoms in total. The largest absolute Gasteiger partial charge is 0.465 e. The number of esters is 1. The molecule has 0 aliphatic heterocycles. The fraction of sp³-hybridized carbons (Fsp3) is 0.211. The van der Waals surface area contributed by atoms with Crippen LogP contribution in [0.1, 0.15) is 21.5 Å². The normalized spacial score (nSPS) is 10.7. The highest BCUT2D eigenvalue weighted by atomic mass is 32.2. The Kier molecular flexibility index (Phi) is 5.19. The third kappa shape index (κ3) is 3.74. The van der Waals surface area contributed by atoms with Crippen LogP contribution in [0.3, 0.4) is 0 Å². The summed E-state index contributed by atoms with van der Waals surface area (Å²) < 4.78 is 6.72. The van der Waals surface area contributed by atoms with Crippen molar-refractivity contribution < 1.29 is 9.53 Å². The van der Waals surface area contributed by atoms with E-state index < -0.39 is 0 Å². The first-order valence-corrected chi connectivity index (χ1v) is 8.84. The van der Waals surface area contributed by atoms with Crippen LogP contribution >= 0.6 is 11.8 Å². The molecule has 0 spiro atoms. The Morgan fingerprint density at radius 3 is 2.52 bits per heavy atom. The summed E-state index contributed by atoms with van der Waals surface area (Å²) in [4.78, 5) is 11.5. The molecule has 0 saturated carbocycles. The number of benzene rings is 2. The second-order valence-corrected chi connectivity index (χ2v) is 6.60. The van der Waals surface area contributed by atoms with Crippen molar-refractivity contribution in [2.24, 2.45) is 7.05 Å². The molecule has 0 aliphatic rings. The third-order valence-electron chi connectivity index (χ3n) is 3.96. The number of hydrogen-bond acceptors (Lipinski definition) is 5. The van der Waals surface area contributed by atoms with Gasteiger partial charge in [-0.25, -0.2) is 4.79 Å². The zero-order chi connectivity index (χ0) is 17.8. The lowest BCUT2D eigenvalue weighted by Crippen LogP contribution is -2.00. The summed E-state index contributed by atoms with van der Waals surface area (Å²) >= 11 is 1.61. The Balaban J connectivity index is 1.72. The maximum atomic E-state index is 11.5. The molecule has 0 radical (unpaired) electrons. The van der Waals surface area contributed by atoms with Crippen molar-refractivity contribution in [2.45, 2.75) is 17.8 Å². The van der Waals surface area contributed by atoms with Gasteiger partial charge in [-0.15, -0.1) is 10.2 Å². The summed E-state index contributed by atoms with van der Waals surface area (Å²) in [6.07, 6.45) is 0. The predicted molar refractivity (Wildman–Crippen MR) is 98.5 cm³/mol. The Bertz CT molecular complexity index is 888. The minimum Gasteiger partial charge on any atom is -0.465 e. The van der Waals surface area contributed by atoms with Crippen LogP contribution in [-0.4, -0.2) is 27.8 Å². The number of carbonyl (C=O) groups excluding carboxylic acids is 1. The molecule has 0 saturated heterocycles. The Morgan fingerprint density at radius 2 is 1.84 bits per heavy atom. The highest BCUT2D eigenvalue weighted by Crippen LogP contribution is 2.26. The van der Waals surface area contributed by atoms with Crippen molar-refractivity contribution >= 4 is 17.7 Å². The van der Waals surface area contributed by atoms with E-state index in [1.54, 1.807) is 23.9 Å². The molecule has 1 heterocycles. The number of aryl methyl sites for hydroxylation is 1. The predicted octanol–water partition coefficient (Wildman–Crippen LogP) is 3.87. The number of carbonyl (C=O) groups is 1. The van der Waals surface area contributed by atoms with Gasteiger partial charge in [-0.1, -0.05) is 48.2 Å². The molecule has 3 rings (SSSR count). The summed E-state index contributed by atoms with van der Waals surface area (Å²) in [5.74, 6) is 1.29. The molecule has 0 N–H and O–H groups in total. The minimum atomic E-state index is -0.324. The summed E-state index contributed by atoms with van der Waals surface area (Å²) in [5.41, 5.74) is 3.93. The fourth-order valence-corrected chi connectivity index (χ4v) is 3.37. The molecule has 6 heteroatoms. The Labute approximate surface area is 151 Å². The van der Waals surface area contributed by atoms with Gasteiger partial charge in [0.15, 0.2) is 11.0 Å². The number of ether oxygens (including phenoxy) is 1. The van der Waals surface area contributed by atoms with E-state index in [1.807, 2.05) is 35.9 Å². The van der Waals surface area contributed by atoms with Crippen molar-refractivity contribution in [1.82, 2.24) is 14.8 Å². The van der Waals surface area contributed by atoms with Gasteiger partial charge < -0.3 is 9.30 Å². The Morgan fingerprint density at radius 1 is 1.12 bits per heavy atom. The number of thioether (sulfide) groups is 1. The van der Waals surface area contributed by atoms with Gasteiger partial charge in [0.2, 0.25) is 0 Å². The number of nitrogens with zero attached hydrogens (tertiary/aromatic N) is 3. The molecule has 25 heavy (non-hydrogen) atoms. The molecule has 0 atom stereocenters. The van der Waals surface area contributed by atoms with Gasteiger partial charge in [0.1, 0.15) is 0 Å². The molecule has 2 aromatic carbocycles. The number of methoxy groups -OCH3 is 1. The van der Waals surface area contributed by atoms with E-state index in [0.29, 0.717) is 5.56 Å². The number of rotatable bonds is 5. The molecule has 0 bridgehead atoms. The van der Waals surface area contributed by atoms with Crippen molar-refractivity contribution in [2.75, 3.05) is 7.11 Å². The van der Waals surface area contributed by atoms with E-state index >= 15 is 0 Å². The smallest absolute Gasteiger partial charge is 0.337 e. The summed E-state index contributed by atoms with van der Waals surface area (Å²) in [6, 6.07) is 15.6. The molecule has 3 aromatic rings. The van der Waals surface area contributed by atoms with E-state index in [1.165, 1.54) is 12.7 Å². The third-order valence-corrected chi connectivity index (χ3v) is 5.06. The van der Waals surface area contributed by atoms with Gasteiger partial charge in [-0.3, -0.25) is 0 Å². The molecule has 1 aromatic heterocycles. The van der Waals surface area contributed by atoms with Gasteiger partial charge in [-0.05, 0) is 30.2 Å². The molecule has 0 unspecified atom stereocenters. The molecular formula is C19H19N3O2S. The lowest BCUT2D eigenvalue weighted by atomic mass is 10.1. The van der Waals surface area contributed by atoms with Crippen molar-refractivity contribution in [3.8, 4) is 11.4 Å². The van der Waals surface area contributed by atoms with Crippen LogP contribution in [0, 0.1) is 6.92 Å². The van der Waals surface area contributed by atoms with E-state index in [4.69, 9.17) is 4.74 Å². The van der Waals surface area contributed by atoms with Gasteiger partial charge in [0, 0.05) is 18.4 Å². The first kappa shape index (κ1) is 17.2. The van der Waals surface area contributed by atoms with E-state index in [2.05, 4.69) is 29.3 Å². The first-order chi connectivity index (χ1) is 12.1. The summed E-state index contributed by atoms with van der Waals surface area (Å²) in [7, 11) is 3.36. The summed E-state index contributed by atoms with van der Waals surface area (Å²) in [6.45, 7) is 2.07. The SMILES string of the molecule is COC(=O)c1ccc(CSc2nnc(-c3ccccc3C)n2C)cc1. The maximum Gasteiger partial charge on any atom is 0.337 e. The first-order valence-electron chi connectivity index (χ1n) is 7.85. The maximum absolute atomic E-state index is 11.5. The lowest BCUT2D eigenvalue weighted by Gasteiger charge is -2.06. The van der Waals surface area contributed by atoms with E-state index in [0.717, 1.165) is 27.9 Å². The fourth-order valence-electron chi connectivity index (χ4n) is 2.50. The summed E-state index contributed by atoms with van der Waals surface area (Å²) in [5, 5.41) is 9.50. The topological polar surface area (TPSA) is 57.0 Å². The van der Waals surface area contributed by atoms with Crippen molar-refractivity contribution in [3.05, 3.63) is 65.2 Å². The Hall–Kier alpha value is -2.60. The molecule has 0 aliphatic carbocycles. The average Bonchev–Trinajstić information content (AvgIpc) is 3.00. The monoisotopic (exact) mass is 353 g/mol. The average molecular weight is 353 g/mol. The van der Waals surface area contributed by atoms with E-state index in [9.17, 15) is 4.79 Å². The minimum absolute atomic E-state index is 0.324. The van der Waals surface area contributed by atoms with Crippen LogP contribution in [-0.2, 0) is 17.5 Å². The van der Waals surface area contributed by atoms with Crippen molar-refractivity contribution in [1.29, 1.82) is 0 Å². The number of hydrogen-bond donors (Lipinski definition) is 0. The van der Waals surface area contributed by atoms with Gasteiger partial charge in [0.05, 0.1) is 12.7 Å². The molecule has 0 amide bonds. The number of aromatic nitrogens is 3. The highest BCUT2D eigenvalue weighted by Gasteiger charge is 2.13. The standard InChI is InChI=1S/C19H19N3O2S/c1-13-6-4-5-7-16(13)17-20-21-19(22(17)2)25-12-14-8-10-15(11-9-14)18(23)24-3/h4-11H,12H2,1-3H3. The zero-order valence-corrected chi connectivity index (χ0v) is 15.2. The quantitative estimate of drug-likeness (QED) is 0.515. The second-order valence-electron chi connectivity index (χ2n) is 5.66. The molecule has 128 valence electrons. The van der Waals surface area contributed by atoms with Crippen LogP contribution in [0.25, 0.3) is 11.4 Å². The van der Waals surface area contributed by atoms with Crippen LogP contribution < -0.4 is 0 Å². The van der Waals surface area contributed by atoms with Crippen LogP contribution in [0.2, 0.25) is 0 Å². The van der Waals surface area contributed by atoms with Crippen LogP contribution in [0.5, 0.6) is 0 Å². The van der Waals surface area contributed by atoms with Gasteiger partial charge in [-0.2, -0.15) is 0 Å². The lowest BCUT2D eigenvalue weighted by molar-refractivity contribution is 0.0600. The molecule has 0 fully saturated rings.